The molecular weight excluding hydrogens is 210 g/mol. The maximum Gasteiger partial charge on any atom is 0.0900 e. The third kappa shape index (κ3) is 6.05. The van der Waals surface area contributed by atoms with Crippen LogP contribution in [0.4, 0.5) is 0 Å². The van der Waals surface area contributed by atoms with Gasteiger partial charge in [0.1, 0.15) is 0 Å². The van der Waals surface area contributed by atoms with Crippen molar-refractivity contribution in [2.45, 2.75) is 31.4 Å². The van der Waals surface area contributed by atoms with E-state index in [-0.39, 0.29) is 6.04 Å². The Bertz CT molecular complexity index is 345. The highest BCUT2D eigenvalue weighted by Crippen LogP contribution is 2.06. The molecule has 3 N–H and O–H groups in total. The Morgan fingerprint density at radius 1 is 1.29 bits per heavy atom. The summed E-state index contributed by atoms with van der Waals surface area (Å²) in [5.41, 5.74) is 7.31. The standard InChI is InChI=1S/C15H21NO/c1-2-15(17)10-6-9-14(16)12-11-13-7-4-3-5-8-13/h2-8,10,14-15,17H,1,9,11-12,16H2/b10-6-/t14-,15+/m1/s1. The highest BCUT2D eigenvalue weighted by atomic mass is 16.3. The lowest BCUT2D eigenvalue weighted by Gasteiger charge is -2.09. The predicted octanol–water partition coefficient (Wildman–Crippen LogP) is 2.44. The lowest BCUT2D eigenvalue weighted by atomic mass is 10.0. The smallest absolute Gasteiger partial charge is 0.0900 e. The maximum atomic E-state index is 9.23. The zero-order valence-corrected chi connectivity index (χ0v) is 10.1. The Balaban J connectivity index is 2.24. The van der Waals surface area contributed by atoms with E-state index >= 15 is 0 Å². The largest absolute Gasteiger partial charge is 0.385 e. The maximum absolute atomic E-state index is 9.23. The molecule has 0 aliphatic heterocycles. The minimum atomic E-state index is -0.559. The SMILES string of the molecule is C=C[C@H](O)/C=C\C[C@@H](N)CCc1ccccc1. The van der Waals surface area contributed by atoms with E-state index in [9.17, 15) is 5.11 Å². The second kappa shape index (κ2) is 7.82. The molecule has 0 aliphatic carbocycles. The molecule has 0 saturated carbocycles. The molecule has 0 saturated heterocycles. The molecule has 2 atom stereocenters. The molecule has 0 bridgehead atoms. The van der Waals surface area contributed by atoms with Crippen molar-refractivity contribution in [3.8, 4) is 0 Å². The van der Waals surface area contributed by atoms with Crippen LogP contribution in [0.25, 0.3) is 0 Å². The monoisotopic (exact) mass is 231 g/mol. The zero-order chi connectivity index (χ0) is 12.5. The van der Waals surface area contributed by atoms with Crippen molar-refractivity contribution in [3.05, 3.63) is 60.7 Å². The van der Waals surface area contributed by atoms with Gasteiger partial charge in [0.15, 0.2) is 0 Å². The average molecular weight is 231 g/mol. The molecular formula is C15H21NO. The van der Waals surface area contributed by atoms with E-state index in [1.54, 1.807) is 6.08 Å². The van der Waals surface area contributed by atoms with Crippen LogP contribution in [0.3, 0.4) is 0 Å². The number of aliphatic hydroxyl groups excluding tert-OH is 1. The first-order valence-electron chi connectivity index (χ1n) is 5.99. The van der Waals surface area contributed by atoms with E-state index in [0.29, 0.717) is 0 Å². The van der Waals surface area contributed by atoms with Crippen molar-refractivity contribution in [2.24, 2.45) is 5.73 Å². The molecule has 0 unspecified atom stereocenters. The first-order valence-corrected chi connectivity index (χ1v) is 5.99. The van der Waals surface area contributed by atoms with Gasteiger partial charge in [-0.25, -0.2) is 0 Å². The van der Waals surface area contributed by atoms with Crippen LogP contribution in [0.15, 0.2) is 55.1 Å². The highest BCUT2D eigenvalue weighted by molar-refractivity contribution is 5.14. The summed E-state index contributed by atoms with van der Waals surface area (Å²) in [5, 5.41) is 9.23. The molecule has 92 valence electrons. The summed E-state index contributed by atoms with van der Waals surface area (Å²) < 4.78 is 0. The molecule has 0 radical (unpaired) electrons. The number of aliphatic hydroxyl groups is 1. The first kappa shape index (κ1) is 13.7. The first-order chi connectivity index (χ1) is 8.22. The summed E-state index contributed by atoms with van der Waals surface area (Å²) in [6.45, 7) is 3.50. The number of benzene rings is 1. The molecule has 0 fully saturated rings. The average Bonchev–Trinajstić information content (AvgIpc) is 2.37. The molecule has 2 heteroatoms. The summed E-state index contributed by atoms with van der Waals surface area (Å²) in [5.74, 6) is 0. The van der Waals surface area contributed by atoms with Crippen LogP contribution in [0.2, 0.25) is 0 Å². The van der Waals surface area contributed by atoms with Gasteiger partial charge in [-0.3, -0.25) is 0 Å². The van der Waals surface area contributed by atoms with E-state index < -0.39 is 6.10 Å². The van der Waals surface area contributed by atoms with Gasteiger partial charge in [0, 0.05) is 6.04 Å². The Morgan fingerprint density at radius 3 is 2.65 bits per heavy atom. The van der Waals surface area contributed by atoms with Crippen LogP contribution in [0.1, 0.15) is 18.4 Å². The Morgan fingerprint density at radius 2 is 2.00 bits per heavy atom. The lowest BCUT2D eigenvalue weighted by molar-refractivity contribution is 0.271. The van der Waals surface area contributed by atoms with Crippen LogP contribution in [0.5, 0.6) is 0 Å². The summed E-state index contributed by atoms with van der Waals surface area (Å²) in [6, 6.07) is 10.5. The lowest BCUT2D eigenvalue weighted by Crippen LogP contribution is -2.19. The van der Waals surface area contributed by atoms with Gasteiger partial charge in [0.05, 0.1) is 6.10 Å². The topological polar surface area (TPSA) is 46.2 Å². The van der Waals surface area contributed by atoms with Crippen LogP contribution >= 0.6 is 0 Å². The third-order valence-electron chi connectivity index (χ3n) is 2.66. The number of hydrogen-bond donors (Lipinski definition) is 2. The molecule has 1 aromatic rings. The van der Waals surface area contributed by atoms with Gasteiger partial charge < -0.3 is 10.8 Å². The molecule has 0 amide bonds. The summed E-state index contributed by atoms with van der Waals surface area (Å²) in [4.78, 5) is 0. The minimum absolute atomic E-state index is 0.142. The molecule has 0 aliphatic rings. The second-order valence-electron chi connectivity index (χ2n) is 4.17. The van der Waals surface area contributed by atoms with Crippen molar-refractivity contribution < 1.29 is 5.11 Å². The molecule has 2 nitrogen and oxygen atoms in total. The number of aryl methyl sites for hydroxylation is 1. The number of rotatable bonds is 7. The fraction of sp³-hybridized carbons (Fsp3) is 0.333. The van der Waals surface area contributed by atoms with Gasteiger partial charge >= 0.3 is 0 Å². The van der Waals surface area contributed by atoms with Gasteiger partial charge in [-0.2, -0.15) is 0 Å². The molecule has 1 rings (SSSR count). The highest BCUT2D eigenvalue weighted by Gasteiger charge is 2.01. The molecule has 17 heavy (non-hydrogen) atoms. The zero-order valence-electron chi connectivity index (χ0n) is 10.1. The van der Waals surface area contributed by atoms with Gasteiger partial charge in [-0.1, -0.05) is 48.6 Å². The van der Waals surface area contributed by atoms with Gasteiger partial charge in [-0.15, -0.1) is 6.58 Å². The Kier molecular flexibility index (Phi) is 6.30. The second-order valence-corrected chi connectivity index (χ2v) is 4.17. The Labute approximate surface area is 103 Å². The van der Waals surface area contributed by atoms with E-state index in [4.69, 9.17) is 5.73 Å². The summed E-state index contributed by atoms with van der Waals surface area (Å²) in [6.07, 6.45) is 7.32. The van der Waals surface area contributed by atoms with Crippen molar-refractivity contribution in [1.82, 2.24) is 0 Å². The predicted molar refractivity (Wildman–Crippen MR) is 72.7 cm³/mol. The quantitative estimate of drug-likeness (QED) is 0.708. The van der Waals surface area contributed by atoms with Gasteiger partial charge in [0.25, 0.3) is 0 Å². The number of hydrogen-bond acceptors (Lipinski definition) is 2. The van der Waals surface area contributed by atoms with Crippen molar-refractivity contribution >= 4 is 0 Å². The van der Waals surface area contributed by atoms with Crippen molar-refractivity contribution in [3.63, 3.8) is 0 Å². The molecule has 0 heterocycles. The van der Waals surface area contributed by atoms with Gasteiger partial charge in [-0.05, 0) is 24.8 Å². The molecule has 0 aromatic heterocycles. The van der Waals surface area contributed by atoms with Crippen LogP contribution in [-0.4, -0.2) is 17.3 Å². The normalized spacial score (nSPS) is 14.7. The van der Waals surface area contributed by atoms with Crippen LogP contribution in [-0.2, 0) is 6.42 Å². The minimum Gasteiger partial charge on any atom is -0.385 e. The summed E-state index contributed by atoms with van der Waals surface area (Å²) >= 11 is 0. The fourth-order valence-corrected chi connectivity index (χ4v) is 1.59. The Hall–Kier alpha value is -1.38. The van der Waals surface area contributed by atoms with Crippen molar-refractivity contribution in [2.75, 3.05) is 0 Å². The van der Waals surface area contributed by atoms with Crippen LogP contribution in [0, 0.1) is 0 Å². The number of nitrogens with two attached hydrogens (primary N) is 1. The van der Waals surface area contributed by atoms with E-state index in [0.717, 1.165) is 19.3 Å². The van der Waals surface area contributed by atoms with Gasteiger partial charge in [0.2, 0.25) is 0 Å². The third-order valence-corrected chi connectivity index (χ3v) is 2.66. The van der Waals surface area contributed by atoms with Crippen molar-refractivity contribution in [1.29, 1.82) is 0 Å². The van der Waals surface area contributed by atoms with Crippen LogP contribution < -0.4 is 5.73 Å². The van der Waals surface area contributed by atoms with E-state index in [1.807, 2.05) is 24.3 Å². The fourth-order valence-electron chi connectivity index (χ4n) is 1.59. The molecule has 1 aromatic carbocycles. The molecule has 0 spiro atoms. The van der Waals surface area contributed by atoms with E-state index in [2.05, 4.69) is 18.7 Å². The van der Waals surface area contributed by atoms with E-state index in [1.165, 1.54) is 11.6 Å². The summed E-state index contributed by atoms with van der Waals surface area (Å²) in [7, 11) is 0.